The van der Waals surface area contributed by atoms with E-state index in [1.807, 2.05) is 17.0 Å². The Morgan fingerprint density at radius 3 is 2.55 bits per heavy atom. The average Bonchev–Trinajstić information content (AvgIpc) is 3.33. The largest absolute Gasteiger partial charge is 0.393 e. The molecule has 2 aliphatic rings. The Bertz CT molecular complexity index is 859. The number of halogens is 1. The van der Waals surface area contributed by atoms with Gasteiger partial charge in [0.1, 0.15) is 5.82 Å². The molecule has 2 saturated heterocycles. The van der Waals surface area contributed by atoms with Gasteiger partial charge in [0.05, 0.1) is 23.3 Å². The van der Waals surface area contributed by atoms with Crippen molar-refractivity contribution in [1.82, 2.24) is 10.2 Å². The van der Waals surface area contributed by atoms with Gasteiger partial charge in [0.2, 0.25) is 0 Å². The number of nitrogens with zero attached hydrogens (tertiary/aromatic N) is 4. The van der Waals surface area contributed by atoms with Crippen LogP contribution in [0.5, 0.6) is 0 Å². The zero-order valence-corrected chi connectivity index (χ0v) is 19.0. The van der Waals surface area contributed by atoms with E-state index in [2.05, 4.69) is 39.6 Å². The van der Waals surface area contributed by atoms with Crippen molar-refractivity contribution in [1.29, 1.82) is 0 Å². The highest BCUT2D eigenvalue weighted by Crippen LogP contribution is 2.25. The maximum absolute atomic E-state index is 14.8. The van der Waals surface area contributed by atoms with Crippen molar-refractivity contribution in [2.45, 2.75) is 32.4 Å². The lowest BCUT2D eigenvalue weighted by Gasteiger charge is -2.37. The van der Waals surface area contributed by atoms with Gasteiger partial charge in [-0.2, -0.15) is 0 Å². The summed E-state index contributed by atoms with van der Waals surface area (Å²) in [6, 6.07) is 9.68. The smallest absolute Gasteiger partial charge is 0.194 e. The fourth-order valence-corrected chi connectivity index (χ4v) is 4.98. The third-order valence-electron chi connectivity index (χ3n) is 5.96. The number of hydrogen-bond donors (Lipinski definition) is 2. The van der Waals surface area contributed by atoms with E-state index in [9.17, 15) is 9.50 Å². The molecule has 168 valence electrons. The minimum Gasteiger partial charge on any atom is -0.393 e. The molecule has 2 N–H and O–H groups in total. The van der Waals surface area contributed by atoms with E-state index in [1.165, 1.54) is 5.00 Å². The molecule has 0 amide bonds. The number of guanidine groups is 1. The van der Waals surface area contributed by atoms with Crippen molar-refractivity contribution < 1.29 is 9.50 Å². The summed E-state index contributed by atoms with van der Waals surface area (Å²) >= 11 is 1.78. The lowest BCUT2D eigenvalue weighted by molar-refractivity contribution is 0.145. The number of rotatable bonds is 5. The van der Waals surface area contributed by atoms with Gasteiger partial charge >= 0.3 is 0 Å². The van der Waals surface area contributed by atoms with Gasteiger partial charge in [0.25, 0.3) is 0 Å². The summed E-state index contributed by atoms with van der Waals surface area (Å²) in [4.78, 5) is 11.5. The second-order valence-electron chi connectivity index (χ2n) is 8.10. The Morgan fingerprint density at radius 1 is 1.13 bits per heavy atom. The highest BCUT2D eigenvalue weighted by molar-refractivity contribution is 7.14. The van der Waals surface area contributed by atoms with Crippen LogP contribution in [0.15, 0.2) is 40.7 Å². The van der Waals surface area contributed by atoms with Crippen LogP contribution >= 0.6 is 11.3 Å². The molecular formula is C23H32FN5OS. The zero-order chi connectivity index (χ0) is 21.6. The van der Waals surface area contributed by atoms with Crippen LogP contribution in [-0.2, 0) is 6.54 Å². The second-order valence-corrected chi connectivity index (χ2v) is 9.03. The number of piperazine rings is 1. The summed E-state index contributed by atoms with van der Waals surface area (Å²) in [5.41, 5.74) is 1.49. The fourth-order valence-electron chi connectivity index (χ4n) is 4.19. The average molecular weight is 446 g/mol. The Morgan fingerprint density at radius 2 is 1.90 bits per heavy atom. The van der Waals surface area contributed by atoms with Crippen molar-refractivity contribution >= 4 is 28.0 Å². The number of benzene rings is 1. The Balaban J connectivity index is 1.37. The maximum atomic E-state index is 14.8. The fraction of sp³-hybridized carbons (Fsp3) is 0.522. The minimum absolute atomic E-state index is 0.210. The number of thiophene rings is 1. The van der Waals surface area contributed by atoms with E-state index in [1.54, 1.807) is 17.4 Å². The summed E-state index contributed by atoms with van der Waals surface area (Å²) < 4.78 is 14.8. The first-order chi connectivity index (χ1) is 15.1. The molecule has 0 unspecified atom stereocenters. The molecule has 0 spiro atoms. The molecule has 6 nitrogen and oxygen atoms in total. The number of nitrogens with one attached hydrogen (secondary N) is 1. The van der Waals surface area contributed by atoms with Gasteiger partial charge in [-0.05, 0) is 55.0 Å². The first kappa shape index (κ1) is 21.9. The Labute approximate surface area is 188 Å². The van der Waals surface area contributed by atoms with Crippen LogP contribution in [0.25, 0.3) is 0 Å². The van der Waals surface area contributed by atoms with Gasteiger partial charge in [0.15, 0.2) is 5.96 Å². The molecule has 0 bridgehead atoms. The molecule has 31 heavy (non-hydrogen) atoms. The molecule has 8 heteroatoms. The highest BCUT2D eigenvalue weighted by Gasteiger charge is 2.21. The molecule has 0 atom stereocenters. The van der Waals surface area contributed by atoms with Crippen molar-refractivity contribution in [3.05, 3.63) is 47.1 Å². The summed E-state index contributed by atoms with van der Waals surface area (Å²) in [6.45, 7) is 8.48. The highest BCUT2D eigenvalue weighted by atomic mass is 32.1. The molecule has 2 fully saturated rings. The number of piperidine rings is 1. The molecule has 0 aliphatic carbocycles. The summed E-state index contributed by atoms with van der Waals surface area (Å²) in [5, 5.41) is 16.5. The number of anilines is 2. The molecule has 1 aromatic carbocycles. The van der Waals surface area contributed by atoms with Crippen molar-refractivity contribution in [2.75, 3.05) is 55.6 Å². The second kappa shape index (κ2) is 10.3. The van der Waals surface area contributed by atoms with Crippen LogP contribution in [-0.4, -0.2) is 67.9 Å². The molecule has 4 rings (SSSR count). The monoisotopic (exact) mass is 445 g/mol. The lowest BCUT2D eigenvalue weighted by Crippen LogP contribution is -2.52. The molecule has 3 heterocycles. The topological polar surface area (TPSA) is 54.3 Å². The number of aliphatic imine (C=N–C) groups is 1. The third kappa shape index (κ3) is 5.49. The summed E-state index contributed by atoms with van der Waals surface area (Å²) in [7, 11) is 0. The van der Waals surface area contributed by atoms with Gasteiger partial charge in [0, 0.05) is 45.8 Å². The van der Waals surface area contributed by atoms with Gasteiger partial charge in [-0.3, -0.25) is 0 Å². The first-order valence-corrected chi connectivity index (χ1v) is 12.0. The first-order valence-electron chi connectivity index (χ1n) is 11.2. The van der Waals surface area contributed by atoms with Crippen LogP contribution < -0.4 is 15.1 Å². The standard InChI is InChI=1S/C23H32FN5OS/c1-2-25-23(29-13-11-28(12-14-29)22-4-3-15-31-22)26-17-18-5-6-21(20(24)16-18)27-9-7-19(30)8-10-27/h3-6,15-16,19,30H,2,7-14,17H2,1H3,(H,25,26). The molecule has 0 radical (unpaired) electrons. The van der Waals surface area contributed by atoms with Crippen LogP contribution in [0.1, 0.15) is 25.3 Å². The minimum atomic E-state index is -0.260. The van der Waals surface area contributed by atoms with Gasteiger partial charge in [-0.15, -0.1) is 11.3 Å². The number of hydrogen-bond acceptors (Lipinski definition) is 5. The summed E-state index contributed by atoms with van der Waals surface area (Å²) in [5.74, 6) is 0.682. The normalized spacial score (nSPS) is 18.5. The van der Waals surface area contributed by atoms with Crippen LogP contribution in [0.2, 0.25) is 0 Å². The number of aliphatic hydroxyl groups excluding tert-OH is 1. The molecular weight excluding hydrogens is 413 g/mol. The zero-order valence-electron chi connectivity index (χ0n) is 18.1. The van der Waals surface area contributed by atoms with Crippen LogP contribution in [0.4, 0.5) is 15.1 Å². The molecule has 2 aliphatic heterocycles. The third-order valence-corrected chi connectivity index (χ3v) is 6.89. The van der Waals surface area contributed by atoms with E-state index in [4.69, 9.17) is 4.99 Å². The van der Waals surface area contributed by atoms with E-state index >= 15 is 0 Å². The molecule has 2 aromatic rings. The van der Waals surface area contributed by atoms with Gasteiger partial charge in [-0.1, -0.05) is 6.07 Å². The van der Waals surface area contributed by atoms with E-state index in [0.717, 1.165) is 44.2 Å². The summed E-state index contributed by atoms with van der Waals surface area (Å²) in [6.07, 6.45) is 1.12. The SMILES string of the molecule is CCNC(=NCc1ccc(N2CCC(O)CC2)c(F)c1)N1CCN(c2cccs2)CC1. The van der Waals surface area contributed by atoms with Gasteiger partial charge in [-0.25, -0.2) is 9.38 Å². The molecule has 0 saturated carbocycles. The maximum Gasteiger partial charge on any atom is 0.194 e. The van der Waals surface area contributed by atoms with Crippen molar-refractivity contribution in [3.63, 3.8) is 0 Å². The predicted molar refractivity (Wildman–Crippen MR) is 127 cm³/mol. The van der Waals surface area contributed by atoms with E-state index in [0.29, 0.717) is 38.2 Å². The Kier molecular flexibility index (Phi) is 7.29. The van der Waals surface area contributed by atoms with Crippen molar-refractivity contribution in [3.8, 4) is 0 Å². The van der Waals surface area contributed by atoms with Crippen LogP contribution in [0.3, 0.4) is 0 Å². The van der Waals surface area contributed by atoms with E-state index < -0.39 is 0 Å². The predicted octanol–water partition coefficient (Wildman–Crippen LogP) is 3.14. The Hall–Kier alpha value is -2.32. The van der Waals surface area contributed by atoms with Gasteiger partial charge < -0.3 is 25.1 Å². The lowest BCUT2D eigenvalue weighted by atomic mass is 10.1. The quantitative estimate of drug-likeness (QED) is 0.547. The van der Waals surface area contributed by atoms with Crippen LogP contribution in [0, 0.1) is 5.82 Å². The van der Waals surface area contributed by atoms with Crippen molar-refractivity contribution in [2.24, 2.45) is 4.99 Å². The van der Waals surface area contributed by atoms with E-state index in [-0.39, 0.29) is 11.9 Å². The molecule has 1 aromatic heterocycles. The number of aliphatic hydroxyl groups is 1.